The molecule has 0 bridgehead atoms. The van der Waals surface area contributed by atoms with Crippen molar-refractivity contribution in [2.45, 2.75) is 32.4 Å². The summed E-state index contributed by atoms with van der Waals surface area (Å²) in [5.41, 5.74) is 2.63. The first kappa shape index (κ1) is 16.3. The molecule has 1 aromatic rings. The van der Waals surface area contributed by atoms with Crippen LogP contribution in [0.1, 0.15) is 36.2 Å². The van der Waals surface area contributed by atoms with Gasteiger partial charge in [0.15, 0.2) is 0 Å². The van der Waals surface area contributed by atoms with Gasteiger partial charge in [-0.3, -0.25) is 9.59 Å². The van der Waals surface area contributed by atoms with Gasteiger partial charge in [0.2, 0.25) is 5.91 Å². The number of aliphatic hydroxyl groups excluding tert-OH is 2. The zero-order chi connectivity index (χ0) is 17.9. The van der Waals surface area contributed by atoms with Crippen molar-refractivity contribution in [3.8, 4) is 0 Å². The lowest BCUT2D eigenvalue weighted by Gasteiger charge is -2.36. The van der Waals surface area contributed by atoms with E-state index in [4.69, 9.17) is 0 Å². The number of nitrogens with zero attached hydrogens (tertiary/aromatic N) is 2. The minimum Gasteiger partial charge on any atom is -0.396 e. The molecule has 0 aromatic heterocycles. The third-order valence-electron chi connectivity index (χ3n) is 5.61. The van der Waals surface area contributed by atoms with Crippen molar-refractivity contribution < 1.29 is 19.8 Å². The highest BCUT2D eigenvalue weighted by molar-refractivity contribution is 6.10. The Bertz CT molecular complexity index is 787. The Morgan fingerprint density at radius 1 is 1.16 bits per heavy atom. The molecule has 6 heteroatoms. The topological polar surface area (TPSA) is 81.1 Å². The summed E-state index contributed by atoms with van der Waals surface area (Å²) in [5.74, 6) is -0.961. The largest absolute Gasteiger partial charge is 0.396 e. The average Bonchev–Trinajstić information content (AvgIpc) is 3.07. The molecule has 3 aliphatic rings. The van der Waals surface area contributed by atoms with Crippen LogP contribution in [0.2, 0.25) is 0 Å². The van der Waals surface area contributed by atoms with Gasteiger partial charge in [-0.2, -0.15) is 0 Å². The van der Waals surface area contributed by atoms with Gasteiger partial charge in [-0.25, -0.2) is 0 Å². The number of hydrogen-bond acceptors (Lipinski definition) is 4. The summed E-state index contributed by atoms with van der Waals surface area (Å²) in [6.45, 7) is 3.69. The molecule has 2 amide bonds. The van der Waals surface area contributed by atoms with Gasteiger partial charge in [-0.05, 0) is 19.4 Å². The highest BCUT2D eigenvalue weighted by Crippen LogP contribution is 2.45. The Labute approximate surface area is 146 Å². The first-order valence-corrected chi connectivity index (χ1v) is 8.73. The monoisotopic (exact) mass is 342 g/mol. The van der Waals surface area contributed by atoms with Crippen LogP contribution in [0.3, 0.4) is 0 Å². The Hall–Kier alpha value is -2.18. The molecular formula is C19H22N2O4. The maximum absolute atomic E-state index is 13.0. The predicted octanol–water partition coefficient (Wildman–Crippen LogP) is 1.05. The standard InChI is InChI=1S/C19H22N2O4/c1-10-7-11(2)21-17(12-5-3-4-6-13(12)19(21)25)16-14(9-22)15(23)8-20(16)18(10)24/h3-6,10-11,14-15,22-23H,7-9H2,1-2H3/t10?,11?,14-,15-/m0/s1. The Morgan fingerprint density at radius 3 is 2.52 bits per heavy atom. The van der Waals surface area contributed by atoms with Gasteiger partial charge < -0.3 is 20.0 Å². The zero-order valence-electron chi connectivity index (χ0n) is 14.3. The van der Waals surface area contributed by atoms with E-state index in [-0.39, 0.29) is 36.9 Å². The minimum atomic E-state index is -0.832. The summed E-state index contributed by atoms with van der Waals surface area (Å²) < 4.78 is 0. The molecule has 6 nitrogen and oxygen atoms in total. The smallest absolute Gasteiger partial charge is 0.259 e. The predicted molar refractivity (Wildman–Crippen MR) is 91.1 cm³/mol. The lowest BCUT2D eigenvalue weighted by atomic mass is 9.94. The summed E-state index contributed by atoms with van der Waals surface area (Å²) in [6.07, 6.45) is -0.270. The van der Waals surface area contributed by atoms with Crippen LogP contribution < -0.4 is 0 Å². The van der Waals surface area contributed by atoms with Crippen molar-refractivity contribution >= 4 is 17.5 Å². The van der Waals surface area contributed by atoms with E-state index in [1.807, 2.05) is 32.0 Å². The zero-order valence-corrected chi connectivity index (χ0v) is 14.3. The summed E-state index contributed by atoms with van der Waals surface area (Å²) in [7, 11) is 0. The molecule has 0 radical (unpaired) electrons. The number of hydrogen-bond donors (Lipinski definition) is 2. The normalized spacial score (nSPS) is 31.7. The molecule has 1 aromatic carbocycles. The lowest BCUT2D eigenvalue weighted by Crippen LogP contribution is -2.43. The highest BCUT2D eigenvalue weighted by Gasteiger charge is 2.48. The van der Waals surface area contributed by atoms with E-state index in [0.29, 0.717) is 23.4 Å². The first-order chi connectivity index (χ1) is 12.0. The molecule has 3 aliphatic heterocycles. The van der Waals surface area contributed by atoms with E-state index in [0.717, 1.165) is 5.56 Å². The van der Waals surface area contributed by atoms with E-state index < -0.39 is 12.0 Å². The summed E-state index contributed by atoms with van der Waals surface area (Å²) in [5, 5.41) is 20.3. The fourth-order valence-corrected chi connectivity index (χ4v) is 4.42. The number of aliphatic hydroxyl groups is 2. The van der Waals surface area contributed by atoms with Gasteiger partial charge in [0.1, 0.15) is 0 Å². The first-order valence-electron chi connectivity index (χ1n) is 8.73. The molecule has 0 spiro atoms. The molecule has 2 N–H and O–H groups in total. The van der Waals surface area contributed by atoms with E-state index in [9.17, 15) is 19.8 Å². The molecule has 3 heterocycles. The van der Waals surface area contributed by atoms with Crippen molar-refractivity contribution in [2.24, 2.45) is 11.8 Å². The third-order valence-corrected chi connectivity index (χ3v) is 5.61. The second-order valence-corrected chi connectivity index (χ2v) is 7.25. The molecule has 25 heavy (non-hydrogen) atoms. The van der Waals surface area contributed by atoms with E-state index in [2.05, 4.69) is 0 Å². The molecule has 4 atom stereocenters. The maximum Gasteiger partial charge on any atom is 0.259 e. The van der Waals surface area contributed by atoms with E-state index in [1.54, 1.807) is 15.9 Å². The average molecular weight is 342 g/mol. The van der Waals surface area contributed by atoms with Crippen LogP contribution in [0.25, 0.3) is 5.70 Å². The SMILES string of the molecule is CC1CC(C)N2C(=O)c3ccccc3C2=C2[C@@H](CO)[C@@H](O)CN2C1=O. The van der Waals surface area contributed by atoms with Crippen LogP contribution in [0, 0.1) is 11.8 Å². The van der Waals surface area contributed by atoms with Crippen LogP contribution in [0.15, 0.2) is 30.0 Å². The molecule has 1 saturated heterocycles. The van der Waals surface area contributed by atoms with Crippen molar-refractivity contribution in [3.05, 3.63) is 41.1 Å². The number of fused-ring (bicyclic) bond motifs is 4. The number of carbonyl (C=O) groups excluding carboxylic acids is 2. The quantitative estimate of drug-likeness (QED) is 0.799. The summed E-state index contributed by atoms with van der Waals surface area (Å²) >= 11 is 0. The van der Waals surface area contributed by atoms with Gasteiger partial charge in [0.25, 0.3) is 5.91 Å². The number of rotatable bonds is 1. The molecule has 1 fully saturated rings. The third kappa shape index (κ3) is 2.17. The molecule has 0 saturated carbocycles. The van der Waals surface area contributed by atoms with E-state index >= 15 is 0 Å². The molecular weight excluding hydrogens is 320 g/mol. The van der Waals surface area contributed by atoms with Gasteiger partial charge in [0.05, 0.1) is 36.6 Å². The molecule has 4 rings (SSSR count). The van der Waals surface area contributed by atoms with Crippen LogP contribution in [-0.2, 0) is 4.79 Å². The van der Waals surface area contributed by atoms with E-state index in [1.165, 1.54) is 0 Å². The lowest BCUT2D eigenvalue weighted by molar-refractivity contribution is -0.133. The fraction of sp³-hybridized carbons (Fsp3) is 0.474. The molecule has 132 valence electrons. The van der Waals surface area contributed by atoms with Crippen LogP contribution >= 0.6 is 0 Å². The number of amides is 2. The second-order valence-electron chi connectivity index (χ2n) is 7.25. The van der Waals surface area contributed by atoms with Gasteiger partial charge >= 0.3 is 0 Å². The van der Waals surface area contributed by atoms with Gasteiger partial charge in [-0.1, -0.05) is 25.1 Å². The Kier molecular flexibility index (Phi) is 3.70. The van der Waals surface area contributed by atoms with Crippen LogP contribution in [-0.4, -0.2) is 57.1 Å². The van der Waals surface area contributed by atoms with Crippen LogP contribution in [0.4, 0.5) is 0 Å². The van der Waals surface area contributed by atoms with Gasteiger partial charge in [-0.15, -0.1) is 0 Å². The van der Waals surface area contributed by atoms with Crippen LogP contribution in [0.5, 0.6) is 0 Å². The van der Waals surface area contributed by atoms with Crippen molar-refractivity contribution in [2.75, 3.05) is 13.2 Å². The number of benzene rings is 1. The highest BCUT2D eigenvalue weighted by atomic mass is 16.3. The van der Waals surface area contributed by atoms with Gasteiger partial charge in [0, 0.05) is 23.1 Å². The van der Waals surface area contributed by atoms with Crippen molar-refractivity contribution in [1.82, 2.24) is 9.80 Å². The molecule has 0 aliphatic carbocycles. The van der Waals surface area contributed by atoms with Crippen molar-refractivity contribution in [1.29, 1.82) is 0 Å². The minimum absolute atomic E-state index is 0.0548. The Morgan fingerprint density at radius 2 is 1.84 bits per heavy atom. The Balaban J connectivity index is 2.02. The fourth-order valence-electron chi connectivity index (χ4n) is 4.42. The van der Waals surface area contributed by atoms with Crippen molar-refractivity contribution in [3.63, 3.8) is 0 Å². The number of carbonyl (C=O) groups is 2. The molecule has 2 unspecified atom stereocenters. The second kappa shape index (κ2) is 5.68. The maximum atomic E-state index is 13.0. The summed E-state index contributed by atoms with van der Waals surface area (Å²) in [4.78, 5) is 29.3. The summed E-state index contributed by atoms with van der Waals surface area (Å²) in [6, 6.07) is 7.21.